The summed E-state index contributed by atoms with van der Waals surface area (Å²) in [5, 5.41) is 0. The zero-order chi connectivity index (χ0) is 9.68. The number of imidazole rings is 1. The Morgan fingerprint density at radius 3 is 3.08 bits per heavy atom. The SMILES string of the molecule is C=CCC(N)CCc1nccn1C. The average Bonchev–Trinajstić information content (AvgIpc) is 2.48. The number of aromatic nitrogens is 2. The number of nitrogens with two attached hydrogens (primary N) is 1. The summed E-state index contributed by atoms with van der Waals surface area (Å²) >= 11 is 0. The molecule has 1 aromatic rings. The summed E-state index contributed by atoms with van der Waals surface area (Å²) in [6.45, 7) is 3.66. The first-order valence-electron chi connectivity index (χ1n) is 4.56. The Bertz CT molecular complexity index is 265. The normalized spacial score (nSPS) is 12.8. The molecule has 0 saturated carbocycles. The molecule has 0 bridgehead atoms. The fourth-order valence-corrected chi connectivity index (χ4v) is 1.28. The summed E-state index contributed by atoms with van der Waals surface area (Å²) in [7, 11) is 2.00. The zero-order valence-corrected chi connectivity index (χ0v) is 8.11. The highest BCUT2D eigenvalue weighted by atomic mass is 15.0. The van der Waals surface area contributed by atoms with Crippen molar-refractivity contribution in [1.29, 1.82) is 0 Å². The highest BCUT2D eigenvalue weighted by Gasteiger charge is 2.03. The Kier molecular flexibility index (Phi) is 3.71. The van der Waals surface area contributed by atoms with Crippen LogP contribution < -0.4 is 5.73 Å². The van der Waals surface area contributed by atoms with E-state index in [0.717, 1.165) is 25.1 Å². The lowest BCUT2D eigenvalue weighted by Crippen LogP contribution is -2.20. The maximum atomic E-state index is 5.84. The van der Waals surface area contributed by atoms with E-state index in [1.54, 1.807) is 0 Å². The van der Waals surface area contributed by atoms with Gasteiger partial charge in [0.25, 0.3) is 0 Å². The molecule has 3 heteroatoms. The van der Waals surface area contributed by atoms with Crippen molar-refractivity contribution < 1.29 is 0 Å². The van der Waals surface area contributed by atoms with E-state index in [4.69, 9.17) is 5.73 Å². The fourth-order valence-electron chi connectivity index (χ4n) is 1.28. The molecule has 0 aliphatic rings. The van der Waals surface area contributed by atoms with Gasteiger partial charge >= 0.3 is 0 Å². The first-order chi connectivity index (χ1) is 6.24. The van der Waals surface area contributed by atoms with Crippen molar-refractivity contribution in [1.82, 2.24) is 9.55 Å². The second kappa shape index (κ2) is 4.82. The van der Waals surface area contributed by atoms with Gasteiger partial charge in [-0.15, -0.1) is 6.58 Å². The molecule has 1 aromatic heterocycles. The number of hydrogen-bond donors (Lipinski definition) is 1. The van der Waals surface area contributed by atoms with Crippen molar-refractivity contribution in [2.75, 3.05) is 0 Å². The number of rotatable bonds is 5. The van der Waals surface area contributed by atoms with Crippen LogP contribution in [0.15, 0.2) is 25.0 Å². The molecule has 2 N–H and O–H groups in total. The molecule has 0 amide bonds. The summed E-state index contributed by atoms with van der Waals surface area (Å²) < 4.78 is 2.03. The smallest absolute Gasteiger partial charge is 0.108 e. The molecule has 0 aliphatic heterocycles. The quantitative estimate of drug-likeness (QED) is 0.691. The van der Waals surface area contributed by atoms with E-state index < -0.39 is 0 Å². The van der Waals surface area contributed by atoms with Crippen LogP contribution in [0.25, 0.3) is 0 Å². The molecule has 0 spiro atoms. The molecule has 0 fully saturated rings. The van der Waals surface area contributed by atoms with Crippen LogP contribution in [-0.2, 0) is 13.5 Å². The van der Waals surface area contributed by atoms with E-state index in [1.807, 2.05) is 30.1 Å². The Morgan fingerprint density at radius 2 is 2.54 bits per heavy atom. The molecule has 0 saturated heterocycles. The minimum atomic E-state index is 0.217. The molecule has 0 aromatic carbocycles. The highest BCUT2D eigenvalue weighted by molar-refractivity contribution is 4.92. The lowest BCUT2D eigenvalue weighted by Gasteiger charge is -2.07. The molecule has 3 nitrogen and oxygen atoms in total. The second-order valence-corrected chi connectivity index (χ2v) is 3.28. The van der Waals surface area contributed by atoms with Crippen molar-refractivity contribution in [2.24, 2.45) is 12.8 Å². The predicted octanol–water partition coefficient (Wildman–Crippen LogP) is 1.26. The van der Waals surface area contributed by atoms with E-state index in [-0.39, 0.29) is 6.04 Å². The van der Waals surface area contributed by atoms with Gasteiger partial charge in [0.2, 0.25) is 0 Å². The van der Waals surface area contributed by atoms with Crippen LogP contribution in [0.4, 0.5) is 0 Å². The van der Waals surface area contributed by atoms with Gasteiger partial charge in [-0.25, -0.2) is 4.98 Å². The van der Waals surface area contributed by atoms with Gasteiger partial charge in [-0.2, -0.15) is 0 Å². The van der Waals surface area contributed by atoms with Gasteiger partial charge < -0.3 is 10.3 Å². The molecule has 1 rings (SSSR count). The Morgan fingerprint density at radius 1 is 1.77 bits per heavy atom. The summed E-state index contributed by atoms with van der Waals surface area (Å²) in [6.07, 6.45) is 8.42. The number of hydrogen-bond acceptors (Lipinski definition) is 2. The van der Waals surface area contributed by atoms with Gasteiger partial charge in [0.15, 0.2) is 0 Å². The van der Waals surface area contributed by atoms with E-state index >= 15 is 0 Å². The molecule has 13 heavy (non-hydrogen) atoms. The highest BCUT2D eigenvalue weighted by Crippen LogP contribution is 2.03. The molecule has 72 valence electrons. The Balaban J connectivity index is 2.34. The third-order valence-corrected chi connectivity index (χ3v) is 2.13. The zero-order valence-electron chi connectivity index (χ0n) is 8.11. The topological polar surface area (TPSA) is 43.8 Å². The first-order valence-corrected chi connectivity index (χ1v) is 4.56. The second-order valence-electron chi connectivity index (χ2n) is 3.28. The van der Waals surface area contributed by atoms with E-state index in [0.29, 0.717) is 0 Å². The van der Waals surface area contributed by atoms with E-state index in [2.05, 4.69) is 11.6 Å². The van der Waals surface area contributed by atoms with Crippen LogP contribution in [0.1, 0.15) is 18.7 Å². The van der Waals surface area contributed by atoms with Crippen molar-refractivity contribution in [2.45, 2.75) is 25.3 Å². The summed E-state index contributed by atoms with van der Waals surface area (Å²) in [6, 6.07) is 0.217. The summed E-state index contributed by atoms with van der Waals surface area (Å²) in [5.41, 5.74) is 5.84. The molecule has 1 unspecified atom stereocenters. The molecule has 1 atom stereocenters. The van der Waals surface area contributed by atoms with Gasteiger partial charge in [-0.05, 0) is 12.8 Å². The van der Waals surface area contributed by atoms with Crippen LogP contribution in [0.5, 0.6) is 0 Å². The van der Waals surface area contributed by atoms with Gasteiger partial charge in [0, 0.05) is 31.9 Å². The third kappa shape index (κ3) is 3.03. The van der Waals surface area contributed by atoms with Crippen LogP contribution in [-0.4, -0.2) is 15.6 Å². The minimum Gasteiger partial charge on any atom is -0.338 e. The van der Waals surface area contributed by atoms with Crippen molar-refractivity contribution in [3.63, 3.8) is 0 Å². The van der Waals surface area contributed by atoms with Gasteiger partial charge in [-0.1, -0.05) is 6.08 Å². The van der Waals surface area contributed by atoms with Crippen LogP contribution in [0.2, 0.25) is 0 Å². The van der Waals surface area contributed by atoms with Gasteiger partial charge in [0.1, 0.15) is 5.82 Å². The average molecular weight is 179 g/mol. The van der Waals surface area contributed by atoms with Crippen molar-refractivity contribution >= 4 is 0 Å². The molecular formula is C10H17N3. The van der Waals surface area contributed by atoms with Crippen molar-refractivity contribution in [3.8, 4) is 0 Å². The standard InChI is InChI=1S/C10H17N3/c1-3-4-9(11)5-6-10-12-7-8-13(10)2/h3,7-9H,1,4-6,11H2,2H3. The van der Waals surface area contributed by atoms with E-state index in [9.17, 15) is 0 Å². The number of nitrogens with zero attached hydrogens (tertiary/aromatic N) is 2. The first kappa shape index (κ1) is 9.99. The summed E-state index contributed by atoms with van der Waals surface area (Å²) in [5.74, 6) is 1.10. The lowest BCUT2D eigenvalue weighted by molar-refractivity contribution is 0.598. The number of aryl methyl sites for hydroxylation is 2. The third-order valence-electron chi connectivity index (χ3n) is 2.13. The predicted molar refractivity (Wildman–Crippen MR) is 54.3 cm³/mol. The lowest BCUT2D eigenvalue weighted by atomic mass is 10.1. The van der Waals surface area contributed by atoms with E-state index in [1.165, 1.54) is 0 Å². The maximum Gasteiger partial charge on any atom is 0.108 e. The Hall–Kier alpha value is -1.09. The van der Waals surface area contributed by atoms with Crippen LogP contribution >= 0.6 is 0 Å². The van der Waals surface area contributed by atoms with Gasteiger partial charge in [0.05, 0.1) is 0 Å². The summed E-state index contributed by atoms with van der Waals surface area (Å²) in [4.78, 5) is 4.23. The molecule has 0 aliphatic carbocycles. The molecule has 1 heterocycles. The van der Waals surface area contributed by atoms with Crippen LogP contribution in [0.3, 0.4) is 0 Å². The molecule has 0 radical (unpaired) electrons. The Labute approximate surface area is 79.3 Å². The maximum absolute atomic E-state index is 5.84. The molecular weight excluding hydrogens is 162 g/mol. The minimum absolute atomic E-state index is 0.217. The monoisotopic (exact) mass is 179 g/mol. The fraction of sp³-hybridized carbons (Fsp3) is 0.500. The largest absolute Gasteiger partial charge is 0.338 e. The van der Waals surface area contributed by atoms with Gasteiger partial charge in [-0.3, -0.25) is 0 Å². The van der Waals surface area contributed by atoms with Crippen LogP contribution in [0, 0.1) is 0 Å². The van der Waals surface area contributed by atoms with Crippen molar-refractivity contribution in [3.05, 3.63) is 30.9 Å².